The van der Waals surface area contributed by atoms with E-state index in [4.69, 9.17) is 5.11 Å². The lowest BCUT2D eigenvalue weighted by Gasteiger charge is -2.25. The van der Waals surface area contributed by atoms with Crippen molar-refractivity contribution in [3.8, 4) is 22.4 Å². The van der Waals surface area contributed by atoms with Gasteiger partial charge in [-0.05, 0) is 53.4 Å². The fourth-order valence-electron chi connectivity index (χ4n) is 5.01. The number of nitrogens with one attached hydrogen (secondary N) is 1. The molecule has 2 atom stereocenters. The van der Waals surface area contributed by atoms with E-state index < -0.39 is 60.4 Å². The number of benzene rings is 3. The average molecular weight is 587 g/mol. The van der Waals surface area contributed by atoms with Crippen molar-refractivity contribution in [3.63, 3.8) is 0 Å². The Morgan fingerprint density at radius 2 is 1.40 bits per heavy atom. The van der Waals surface area contributed by atoms with Crippen molar-refractivity contribution in [1.29, 1.82) is 0 Å². The van der Waals surface area contributed by atoms with Crippen molar-refractivity contribution in [1.82, 2.24) is 4.57 Å². The van der Waals surface area contributed by atoms with Crippen molar-refractivity contribution in [3.05, 3.63) is 102 Å². The highest BCUT2D eigenvalue weighted by molar-refractivity contribution is 6.12. The van der Waals surface area contributed by atoms with Crippen molar-refractivity contribution < 1.29 is 38.9 Å². The van der Waals surface area contributed by atoms with Crippen molar-refractivity contribution >= 4 is 29.1 Å². The van der Waals surface area contributed by atoms with Gasteiger partial charge in [-0.2, -0.15) is 0 Å². The van der Waals surface area contributed by atoms with Gasteiger partial charge >= 0.3 is 5.97 Å². The number of anilines is 1. The molecule has 0 saturated carbocycles. The number of aliphatic hydroxyl groups excluding tert-OH is 2. The molecule has 1 aromatic heterocycles. The number of carbonyl (C=O) groups is 4. The highest BCUT2D eigenvalue weighted by Crippen LogP contribution is 2.44. The molecule has 0 saturated heterocycles. The molecule has 1 amide bonds. The molecule has 4 N–H and O–H groups in total. The molecule has 0 aliphatic heterocycles. The molecular formula is C33H31FN2O7. The first kappa shape index (κ1) is 31.0. The summed E-state index contributed by atoms with van der Waals surface area (Å²) in [6, 6.07) is 22.9. The minimum absolute atomic E-state index is 0.157. The lowest BCUT2D eigenvalue weighted by Crippen LogP contribution is -2.34. The Labute approximate surface area is 247 Å². The summed E-state index contributed by atoms with van der Waals surface area (Å²) in [5.41, 5.74) is 2.47. The van der Waals surface area contributed by atoms with Gasteiger partial charge in [0.2, 0.25) is 0 Å². The van der Waals surface area contributed by atoms with Crippen molar-refractivity contribution in [2.75, 3.05) is 5.32 Å². The Balaban J connectivity index is 2.00. The number of para-hydroxylation sites is 1. The molecule has 222 valence electrons. The molecule has 3 aromatic carbocycles. The van der Waals surface area contributed by atoms with Crippen LogP contribution >= 0.6 is 0 Å². The number of Topliss-reactive ketones (excluding diaryl/α,β-unsaturated/α-hetero) is 2. The smallest absolute Gasteiger partial charge is 0.310 e. The Bertz CT molecular complexity index is 1630. The van der Waals surface area contributed by atoms with Gasteiger partial charge < -0.3 is 25.2 Å². The van der Waals surface area contributed by atoms with E-state index in [2.05, 4.69) is 5.32 Å². The fourth-order valence-corrected chi connectivity index (χ4v) is 5.01. The van der Waals surface area contributed by atoms with Gasteiger partial charge in [0.25, 0.3) is 5.91 Å². The van der Waals surface area contributed by atoms with Crippen LogP contribution < -0.4 is 5.32 Å². The number of halogens is 1. The first-order valence-corrected chi connectivity index (χ1v) is 13.6. The molecule has 0 bridgehead atoms. The molecule has 0 unspecified atom stereocenters. The molecule has 4 rings (SSSR count). The Morgan fingerprint density at radius 3 is 1.95 bits per heavy atom. The zero-order valence-electron chi connectivity index (χ0n) is 23.5. The number of aliphatic hydroxyl groups is 2. The number of aliphatic carboxylic acids is 1. The first-order valence-electron chi connectivity index (χ1n) is 13.6. The van der Waals surface area contributed by atoms with Crippen LogP contribution in [0, 0.1) is 5.82 Å². The summed E-state index contributed by atoms with van der Waals surface area (Å²) < 4.78 is 15.3. The number of carboxylic acid groups (broad SMARTS) is 1. The second kappa shape index (κ2) is 13.4. The maximum absolute atomic E-state index is 14.1. The minimum Gasteiger partial charge on any atom is -0.481 e. The number of rotatable bonds is 12. The van der Waals surface area contributed by atoms with Crippen LogP contribution in [0.5, 0.6) is 0 Å². The van der Waals surface area contributed by atoms with Crippen LogP contribution in [0.3, 0.4) is 0 Å². The standard InChI is InChI=1S/C33H31FN2O7/c1-19(2)29-28(32(42)35-23-11-7-4-8-12-23)27(20-9-5-3-6-10-20)30(21-13-15-22(34)16-14-21)36(29)33(43)31(41)25(38)17-24(37)18-26(39)40/h3-16,19,31,33,41,43H,17-18H2,1-2H3,(H,35,42)(H,39,40)/t31-,33-/m0/s1. The summed E-state index contributed by atoms with van der Waals surface area (Å²) in [5, 5.41) is 34.4. The highest BCUT2D eigenvalue weighted by atomic mass is 19.1. The second-order valence-corrected chi connectivity index (χ2v) is 10.3. The SMILES string of the molecule is CC(C)c1c(C(=O)Nc2ccccc2)c(-c2ccccc2)c(-c2ccc(F)cc2)n1[C@@H](O)[C@@H](O)C(=O)CC(=O)CC(=O)O. The number of amides is 1. The van der Waals surface area contributed by atoms with Crippen LogP contribution in [0.1, 0.15) is 54.9 Å². The number of ketones is 2. The summed E-state index contributed by atoms with van der Waals surface area (Å²) in [4.78, 5) is 49.9. The molecule has 0 spiro atoms. The summed E-state index contributed by atoms with van der Waals surface area (Å²) in [6.07, 6.45) is -5.99. The van der Waals surface area contributed by atoms with Gasteiger partial charge in [-0.1, -0.05) is 62.4 Å². The van der Waals surface area contributed by atoms with Gasteiger partial charge in [-0.25, -0.2) is 4.39 Å². The average Bonchev–Trinajstić information content (AvgIpc) is 3.34. The van der Waals surface area contributed by atoms with E-state index in [-0.39, 0.29) is 17.0 Å². The monoisotopic (exact) mass is 586 g/mol. The maximum atomic E-state index is 14.1. The van der Waals surface area contributed by atoms with E-state index in [0.717, 1.165) is 0 Å². The number of carboxylic acids is 1. The van der Waals surface area contributed by atoms with Gasteiger partial charge in [0.15, 0.2) is 23.9 Å². The molecule has 0 fully saturated rings. The molecule has 0 aliphatic carbocycles. The van der Waals surface area contributed by atoms with Gasteiger partial charge in [-0.15, -0.1) is 0 Å². The van der Waals surface area contributed by atoms with Crippen molar-refractivity contribution in [2.24, 2.45) is 0 Å². The van der Waals surface area contributed by atoms with E-state index in [1.54, 1.807) is 74.5 Å². The number of hydrogen-bond acceptors (Lipinski definition) is 6. The molecule has 10 heteroatoms. The number of aromatic nitrogens is 1. The predicted octanol–water partition coefficient (Wildman–Crippen LogP) is 5.19. The lowest BCUT2D eigenvalue weighted by atomic mass is 9.94. The zero-order valence-corrected chi connectivity index (χ0v) is 23.5. The fraction of sp³-hybridized carbons (Fsp3) is 0.212. The molecule has 1 heterocycles. The lowest BCUT2D eigenvalue weighted by molar-refractivity contribution is -0.143. The van der Waals surface area contributed by atoms with Crippen LogP contribution in [-0.4, -0.2) is 49.4 Å². The molecule has 0 aliphatic rings. The predicted molar refractivity (Wildman–Crippen MR) is 158 cm³/mol. The Kier molecular flexibility index (Phi) is 9.64. The van der Waals surface area contributed by atoms with E-state index in [0.29, 0.717) is 22.4 Å². The van der Waals surface area contributed by atoms with Gasteiger partial charge in [-0.3, -0.25) is 19.2 Å². The van der Waals surface area contributed by atoms with Crippen LogP contribution in [-0.2, 0) is 14.4 Å². The molecule has 4 aromatic rings. The normalized spacial score (nSPS) is 12.5. The van der Waals surface area contributed by atoms with E-state index in [1.807, 2.05) is 0 Å². The first-order chi connectivity index (χ1) is 20.5. The van der Waals surface area contributed by atoms with Crippen LogP contribution in [0.25, 0.3) is 22.4 Å². The molecular weight excluding hydrogens is 555 g/mol. The Hall–Kier alpha value is -4.93. The summed E-state index contributed by atoms with van der Waals surface area (Å²) in [5.74, 6) is -4.97. The zero-order chi connectivity index (χ0) is 31.3. The summed E-state index contributed by atoms with van der Waals surface area (Å²) in [6.45, 7) is 3.54. The van der Waals surface area contributed by atoms with E-state index in [1.165, 1.54) is 28.8 Å². The van der Waals surface area contributed by atoms with Crippen LogP contribution in [0.15, 0.2) is 84.9 Å². The van der Waals surface area contributed by atoms with Gasteiger partial charge in [0.1, 0.15) is 12.2 Å². The number of nitrogens with zero attached hydrogens (tertiary/aromatic N) is 1. The summed E-state index contributed by atoms with van der Waals surface area (Å²) in [7, 11) is 0. The third kappa shape index (κ3) is 6.94. The third-order valence-electron chi connectivity index (χ3n) is 6.83. The molecule has 0 radical (unpaired) electrons. The van der Waals surface area contributed by atoms with E-state index >= 15 is 0 Å². The Morgan fingerprint density at radius 1 is 0.814 bits per heavy atom. The third-order valence-corrected chi connectivity index (χ3v) is 6.83. The largest absolute Gasteiger partial charge is 0.481 e. The topological polar surface area (TPSA) is 146 Å². The van der Waals surface area contributed by atoms with Crippen molar-refractivity contribution in [2.45, 2.75) is 44.9 Å². The van der Waals surface area contributed by atoms with Crippen LogP contribution in [0.4, 0.5) is 10.1 Å². The molecule has 43 heavy (non-hydrogen) atoms. The van der Waals surface area contributed by atoms with Crippen LogP contribution in [0.2, 0.25) is 0 Å². The summed E-state index contributed by atoms with van der Waals surface area (Å²) >= 11 is 0. The van der Waals surface area contributed by atoms with E-state index in [9.17, 15) is 33.8 Å². The quantitative estimate of drug-likeness (QED) is 0.167. The minimum atomic E-state index is -2.16. The number of carbonyl (C=O) groups excluding carboxylic acids is 3. The maximum Gasteiger partial charge on any atom is 0.310 e. The van der Waals surface area contributed by atoms with Gasteiger partial charge in [0.05, 0.1) is 17.7 Å². The van der Waals surface area contributed by atoms with Gasteiger partial charge in [0, 0.05) is 16.9 Å². The second-order valence-electron chi connectivity index (χ2n) is 10.3. The molecule has 9 nitrogen and oxygen atoms in total. The highest BCUT2D eigenvalue weighted by Gasteiger charge is 2.37. The number of hydrogen-bond donors (Lipinski definition) is 4.